The highest BCUT2D eigenvalue weighted by atomic mass is 16.5. The van der Waals surface area contributed by atoms with Gasteiger partial charge in [0.25, 0.3) is 5.91 Å². The summed E-state index contributed by atoms with van der Waals surface area (Å²) >= 11 is 0. The molecule has 1 aromatic heterocycles. The first-order valence-corrected chi connectivity index (χ1v) is 9.84. The van der Waals surface area contributed by atoms with E-state index in [1.54, 1.807) is 0 Å². The molecule has 0 saturated carbocycles. The average molecular weight is 352 g/mol. The highest BCUT2D eigenvalue weighted by molar-refractivity contribution is 5.93. The van der Waals surface area contributed by atoms with E-state index in [4.69, 9.17) is 4.52 Å². The van der Waals surface area contributed by atoms with E-state index in [1.807, 2.05) is 0 Å². The summed E-state index contributed by atoms with van der Waals surface area (Å²) in [5, 5.41) is 7.14. The fraction of sp³-hybridized carbons (Fsp3) is 0.545. The molecule has 2 aliphatic carbocycles. The van der Waals surface area contributed by atoms with E-state index < -0.39 is 0 Å². The maximum absolute atomic E-state index is 12.6. The van der Waals surface area contributed by atoms with Crippen molar-refractivity contribution >= 4 is 5.91 Å². The number of hydrogen-bond acceptors (Lipinski definition) is 3. The van der Waals surface area contributed by atoms with Gasteiger partial charge in [-0.2, -0.15) is 0 Å². The lowest BCUT2D eigenvalue weighted by Crippen LogP contribution is -2.30. The van der Waals surface area contributed by atoms with Crippen LogP contribution < -0.4 is 5.32 Å². The minimum Gasteiger partial charge on any atom is -0.360 e. The van der Waals surface area contributed by atoms with E-state index in [9.17, 15) is 4.79 Å². The second kappa shape index (κ2) is 6.90. The molecule has 1 N–H and O–H groups in total. The summed E-state index contributed by atoms with van der Waals surface area (Å²) in [6, 6.07) is 8.73. The maximum Gasteiger partial charge on any atom is 0.273 e. The largest absolute Gasteiger partial charge is 0.360 e. The molecular formula is C22H28N2O2. The molecule has 2 aliphatic rings. The average Bonchev–Trinajstić information content (AvgIpc) is 3.03. The van der Waals surface area contributed by atoms with Gasteiger partial charge in [0.15, 0.2) is 5.69 Å². The van der Waals surface area contributed by atoms with Crippen LogP contribution in [0.5, 0.6) is 0 Å². The van der Waals surface area contributed by atoms with Crippen molar-refractivity contribution in [3.8, 4) is 0 Å². The molecule has 0 spiro atoms. The van der Waals surface area contributed by atoms with Gasteiger partial charge in [0.05, 0.1) is 0 Å². The number of hydrogen-bond donors (Lipinski definition) is 1. The summed E-state index contributed by atoms with van der Waals surface area (Å²) in [7, 11) is 0. The number of rotatable bonds is 4. The highest BCUT2D eigenvalue weighted by Gasteiger charge is 2.32. The molecule has 0 bridgehead atoms. The number of nitrogens with zero attached hydrogens (tertiary/aromatic N) is 1. The van der Waals surface area contributed by atoms with E-state index in [1.165, 1.54) is 17.5 Å². The Balaban J connectivity index is 1.32. The Morgan fingerprint density at radius 2 is 2.08 bits per heavy atom. The van der Waals surface area contributed by atoms with Crippen LogP contribution in [-0.2, 0) is 25.7 Å². The molecule has 0 fully saturated rings. The van der Waals surface area contributed by atoms with Crippen LogP contribution in [0.2, 0.25) is 0 Å². The second-order valence-electron chi connectivity index (χ2n) is 8.70. The summed E-state index contributed by atoms with van der Waals surface area (Å²) < 4.78 is 5.43. The van der Waals surface area contributed by atoms with E-state index in [2.05, 4.69) is 48.6 Å². The molecule has 1 heterocycles. The summed E-state index contributed by atoms with van der Waals surface area (Å²) in [4.78, 5) is 12.6. The van der Waals surface area contributed by atoms with Crippen molar-refractivity contribution < 1.29 is 9.32 Å². The van der Waals surface area contributed by atoms with Crippen LogP contribution in [-0.4, -0.2) is 17.6 Å². The minimum absolute atomic E-state index is 0.0797. The molecule has 138 valence electrons. The van der Waals surface area contributed by atoms with Gasteiger partial charge in [0.1, 0.15) is 5.76 Å². The van der Waals surface area contributed by atoms with Crippen molar-refractivity contribution in [3.05, 3.63) is 52.4 Å². The monoisotopic (exact) mass is 352 g/mol. The summed E-state index contributed by atoms with van der Waals surface area (Å²) in [6.45, 7) is 5.19. The number of carbonyl (C=O) groups excluding carboxylic acids is 1. The number of nitrogens with one attached hydrogen (secondary N) is 1. The molecule has 26 heavy (non-hydrogen) atoms. The topological polar surface area (TPSA) is 55.1 Å². The van der Waals surface area contributed by atoms with E-state index in [0.717, 1.165) is 49.8 Å². The predicted molar refractivity (Wildman–Crippen MR) is 101 cm³/mol. The van der Waals surface area contributed by atoms with Crippen LogP contribution in [0, 0.1) is 11.3 Å². The number of benzene rings is 1. The standard InChI is InChI=1S/C22H28N2O2/c1-22(2)11-9-19-18(14-22)20(24-26-19)21(25)23-12-10-15-7-8-16-5-3-4-6-17(16)13-15/h3-6,15H,7-14H2,1-2H3,(H,23,25). The predicted octanol–water partition coefficient (Wildman–Crippen LogP) is 4.11. The molecule has 1 unspecified atom stereocenters. The SMILES string of the molecule is CC1(C)CCc2onc(C(=O)NCCC3CCc4ccccc4C3)c2C1. The lowest BCUT2D eigenvalue weighted by Gasteiger charge is -2.28. The molecule has 4 rings (SSSR count). The third-order valence-electron chi connectivity index (χ3n) is 6.06. The van der Waals surface area contributed by atoms with Gasteiger partial charge in [-0.1, -0.05) is 43.3 Å². The lowest BCUT2D eigenvalue weighted by molar-refractivity contribution is 0.0941. The molecular weight excluding hydrogens is 324 g/mol. The Labute approximate surface area is 155 Å². The summed E-state index contributed by atoms with van der Waals surface area (Å²) in [6.07, 6.45) is 7.34. The smallest absolute Gasteiger partial charge is 0.273 e. The molecule has 4 nitrogen and oxygen atoms in total. The van der Waals surface area contributed by atoms with E-state index in [-0.39, 0.29) is 11.3 Å². The number of fused-ring (bicyclic) bond motifs is 2. The second-order valence-corrected chi connectivity index (χ2v) is 8.70. The van der Waals surface area contributed by atoms with Crippen LogP contribution in [0.15, 0.2) is 28.8 Å². The molecule has 0 radical (unpaired) electrons. The fourth-order valence-corrected chi connectivity index (χ4v) is 4.41. The Morgan fingerprint density at radius 3 is 2.92 bits per heavy atom. The molecule has 1 atom stereocenters. The number of amides is 1. The number of aromatic nitrogens is 1. The highest BCUT2D eigenvalue weighted by Crippen LogP contribution is 2.36. The third kappa shape index (κ3) is 3.55. The zero-order valence-electron chi connectivity index (χ0n) is 15.8. The van der Waals surface area contributed by atoms with Gasteiger partial charge in [-0.05, 0) is 61.0 Å². The van der Waals surface area contributed by atoms with E-state index in [0.29, 0.717) is 18.2 Å². The van der Waals surface area contributed by atoms with Crippen LogP contribution >= 0.6 is 0 Å². The lowest BCUT2D eigenvalue weighted by atomic mass is 9.76. The van der Waals surface area contributed by atoms with Crippen LogP contribution in [0.4, 0.5) is 0 Å². The van der Waals surface area contributed by atoms with Gasteiger partial charge < -0.3 is 9.84 Å². The first-order valence-electron chi connectivity index (χ1n) is 9.84. The number of aryl methyl sites for hydroxylation is 2. The molecule has 4 heteroatoms. The van der Waals surface area contributed by atoms with Gasteiger partial charge in [-0.3, -0.25) is 4.79 Å². The number of carbonyl (C=O) groups is 1. The van der Waals surface area contributed by atoms with Crippen molar-refractivity contribution in [1.29, 1.82) is 0 Å². The van der Waals surface area contributed by atoms with E-state index >= 15 is 0 Å². The summed E-state index contributed by atoms with van der Waals surface area (Å²) in [5.74, 6) is 1.47. The third-order valence-corrected chi connectivity index (χ3v) is 6.06. The fourth-order valence-electron chi connectivity index (χ4n) is 4.41. The molecule has 1 amide bonds. The quantitative estimate of drug-likeness (QED) is 0.901. The van der Waals surface area contributed by atoms with Crippen LogP contribution in [0.25, 0.3) is 0 Å². The van der Waals surface area contributed by atoms with Gasteiger partial charge in [-0.25, -0.2) is 0 Å². The van der Waals surface area contributed by atoms with Crippen molar-refractivity contribution in [1.82, 2.24) is 10.5 Å². The van der Waals surface area contributed by atoms with Gasteiger partial charge >= 0.3 is 0 Å². The first-order chi connectivity index (χ1) is 12.5. The van der Waals surface area contributed by atoms with Crippen molar-refractivity contribution in [2.75, 3.05) is 6.54 Å². The molecule has 0 aliphatic heterocycles. The minimum atomic E-state index is -0.0797. The van der Waals surface area contributed by atoms with Crippen LogP contribution in [0.1, 0.15) is 66.0 Å². The molecule has 2 aromatic rings. The molecule has 1 aromatic carbocycles. The van der Waals surface area contributed by atoms with Gasteiger partial charge in [0.2, 0.25) is 0 Å². The first kappa shape index (κ1) is 17.3. The Hall–Kier alpha value is -2.10. The Morgan fingerprint density at radius 1 is 1.27 bits per heavy atom. The zero-order valence-corrected chi connectivity index (χ0v) is 15.8. The van der Waals surface area contributed by atoms with Gasteiger partial charge in [0, 0.05) is 18.5 Å². The maximum atomic E-state index is 12.6. The normalized spacial score (nSPS) is 20.9. The van der Waals surface area contributed by atoms with Gasteiger partial charge in [-0.15, -0.1) is 0 Å². The summed E-state index contributed by atoms with van der Waals surface area (Å²) in [5.41, 5.74) is 4.70. The van der Waals surface area contributed by atoms with Crippen molar-refractivity contribution in [2.24, 2.45) is 11.3 Å². The Kier molecular flexibility index (Phi) is 4.60. The van der Waals surface area contributed by atoms with Crippen molar-refractivity contribution in [2.45, 2.75) is 58.8 Å². The molecule has 0 saturated heterocycles. The van der Waals surface area contributed by atoms with Crippen LogP contribution in [0.3, 0.4) is 0 Å². The zero-order chi connectivity index (χ0) is 18.1. The van der Waals surface area contributed by atoms with Crippen molar-refractivity contribution in [3.63, 3.8) is 0 Å². The Bertz CT molecular complexity index is 806.